The normalized spacial score (nSPS) is 11.8. The van der Waals surface area contributed by atoms with E-state index in [-0.39, 0.29) is 23.0 Å². The molecule has 0 aliphatic heterocycles. The molecule has 22 heavy (non-hydrogen) atoms. The Hall–Kier alpha value is -2.21. The van der Waals surface area contributed by atoms with Gasteiger partial charge in [0.1, 0.15) is 5.82 Å². The van der Waals surface area contributed by atoms with Crippen LogP contribution in [0, 0.1) is 5.82 Å². The summed E-state index contributed by atoms with van der Waals surface area (Å²) in [6, 6.07) is 9.84. The van der Waals surface area contributed by atoms with Crippen molar-refractivity contribution >= 4 is 27.8 Å². The van der Waals surface area contributed by atoms with Gasteiger partial charge in [0.2, 0.25) is 0 Å². The Morgan fingerprint density at radius 1 is 1.18 bits per heavy atom. The molecular formula is C16H13BrFNO3. The second-order valence-electron chi connectivity index (χ2n) is 4.75. The molecule has 0 aliphatic rings. The van der Waals surface area contributed by atoms with Crippen LogP contribution < -0.4 is 5.32 Å². The lowest BCUT2D eigenvalue weighted by molar-refractivity contribution is 0.0696. The first-order chi connectivity index (χ1) is 10.4. The summed E-state index contributed by atoms with van der Waals surface area (Å²) in [5.41, 5.74) is 1.02. The van der Waals surface area contributed by atoms with Crippen LogP contribution in [0.5, 0.6) is 0 Å². The van der Waals surface area contributed by atoms with Crippen LogP contribution in [0.15, 0.2) is 46.9 Å². The van der Waals surface area contributed by atoms with E-state index in [1.807, 2.05) is 0 Å². The van der Waals surface area contributed by atoms with Crippen LogP contribution in [0.4, 0.5) is 4.39 Å². The lowest BCUT2D eigenvalue weighted by atomic mass is 10.1. The molecule has 1 amide bonds. The average molecular weight is 366 g/mol. The molecule has 0 fully saturated rings. The van der Waals surface area contributed by atoms with E-state index in [9.17, 15) is 14.0 Å². The highest BCUT2D eigenvalue weighted by molar-refractivity contribution is 9.10. The van der Waals surface area contributed by atoms with E-state index in [1.165, 1.54) is 30.3 Å². The predicted molar refractivity (Wildman–Crippen MR) is 83.4 cm³/mol. The lowest BCUT2D eigenvalue weighted by Crippen LogP contribution is -2.26. The SMILES string of the molecule is C[C@@H](NC(=O)c1ccc(Br)c(C(=O)O)c1)c1ccc(F)cc1. The highest BCUT2D eigenvalue weighted by Gasteiger charge is 2.15. The minimum atomic E-state index is -1.12. The Labute approximate surface area is 135 Å². The summed E-state index contributed by atoms with van der Waals surface area (Å²) < 4.78 is 13.3. The van der Waals surface area contributed by atoms with E-state index in [4.69, 9.17) is 5.11 Å². The number of benzene rings is 2. The van der Waals surface area contributed by atoms with Crippen LogP contribution in [0.1, 0.15) is 39.2 Å². The second kappa shape index (κ2) is 6.70. The zero-order chi connectivity index (χ0) is 16.3. The first kappa shape index (κ1) is 16.2. The van der Waals surface area contributed by atoms with Crippen molar-refractivity contribution in [2.45, 2.75) is 13.0 Å². The molecule has 0 bridgehead atoms. The molecule has 114 valence electrons. The van der Waals surface area contributed by atoms with Crippen LogP contribution in [0.3, 0.4) is 0 Å². The highest BCUT2D eigenvalue weighted by atomic mass is 79.9. The molecule has 0 heterocycles. The quantitative estimate of drug-likeness (QED) is 0.866. The molecule has 2 aromatic carbocycles. The number of carbonyl (C=O) groups excluding carboxylic acids is 1. The van der Waals surface area contributed by atoms with E-state index in [2.05, 4.69) is 21.2 Å². The zero-order valence-electron chi connectivity index (χ0n) is 11.6. The van der Waals surface area contributed by atoms with Crippen LogP contribution >= 0.6 is 15.9 Å². The maximum absolute atomic E-state index is 12.9. The first-order valence-corrected chi connectivity index (χ1v) is 7.27. The Morgan fingerprint density at radius 2 is 1.82 bits per heavy atom. The maximum atomic E-state index is 12.9. The smallest absolute Gasteiger partial charge is 0.336 e. The largest absolute Gasteiger partial charge is 0.478 e. The van der Waals surface area contributed by atoms with Gasteiger partial charge in [0, 0.05) is 10.0 Å². The second-order valence-corrected chi connectivity index (χ2v) is 5.60. The predicted octanol–water partition coefficient (Wildman–Crippen LogP) is 3.78. The van der Waals surface area contributed by atoms with E-state index in [1.54, 1.807) is 19.1 Å². The number of carboxylic acid groups (broad SMARTS) is 1. The molecule has 2 rings (SSSR count). The van der Waals surface area contributed by atoms with Crippen LogP contribution in [0.25, 0.3) is 0 Å². The summed E-state index contributed by atoms with van der Waals surface area (Å²) in [4.78, 5) is 23.3. The first-order valence-electron chi connectivity index (χ1n) is 6.47. The summed E-state index contributed by atoms with van der Waals surface area (Å²) in [5.74, 6) is -1.86. The number of amides is 1. The minimum absolute atomic E-state index is 0.0158. The number of aromatic carboxylic acids is 1. The number of nitrogens with one attached hydrogen (secondary N) is 1. The van der Waals surface area contributed by atoms with E-state index >= 15 is 0 Å². The fourth-order valence-corrected chi connectivity index (χ4v) is 2.36. The van der Waals surface area contributed by atoms with Crippen molar-refractivity contribution < 1.29 is 19.1 Å². The van der Waals surface area contributed by atoms with Crippen LogP contribution in [-0.2, 0) is 0 Å². The Balaban J connectivity index is 2.16. The molecule has 2 aromatic rings. The monoisotopic (exact) mass is 365 g/mol. The van der Waals surface area contributed by atoms with E-state index in [0.29, 0.717) is 4.47 Å². The summed E-state index contributed by atoms with van der Waals surface area (Å²) in [6.45, 7) is 1.77. The van der Waals surface area contributed by atoms with Crippen molar-refractivity contribution in [3.8, 4) is 0 Å². The molecule has 0 radical (unpaired) electrons. The maximum Gasteiger partial charge on any atom is 0.336 e. The van der Waals surface area contributed by atoms with Gasteiger partial charge in [-0.25, -0.2) is 9.18 Å². The molecule has 0 saturated heterocycles. The highest BCUT2D eigenvalue weighted by Crippen LogP contribution is 2.19. The fourth-order valence-electron chi connectivity index (χ4n) is 1.95. The third kappa shape index (κ3) is 3.71. The number of hydrogen-bond acceptors (Lipinski definition) is 2. The number of halogens is 2. The van der Waals surface area contributed by atoms with Crippen molar-refractivity contribution in [3.63, 3.8) is 0 Å². The summed E-state index contributed by atoms with van der Waals surface area (Å²) in [5, 5.41) is 11.8. The van der Waals surface area contributed by atoms with Gasteiger partial charge in [-0.3, -0.25) is 4.79 Å². The standard InChI is InChI=1S/C16H13BrFNO3/c1-9(10-2-5-12(18)6-3-10)19-15(20)11-4-7-14(17)13(8-11)16(21)22/h2-9H,1H3,(H,19,20)(H,21,22)/t9-/m1/s1. The number of carbonyl (C=O) groups is 2. The van der Waals surface area contributed by atoms with Gasteiger partial charge in [-0.05, 0) is 58.7 Å². The Bertz CT molecular complexity index is 716. The minimum Gasteiger partial charge on any atom is -0.478 e. The van der Waals surface area contributed by atoms with Crippen molar-refractivity contribution in [1.82, 2.24) is 5.32 Å². The fraction of sp³-hybridized carbons (Fsp3) is 0.125. The van der Waals surface area contributed by atoms with E-state index < -0.39 is 11.9 Å². The molecular weight excluding hydrogens is 353 g/mol. The molecule has 0 saturated carbocycles. The zero-order valence-corrected chi connectivity index (χ0v) is 13.2. The van der Waals surface area contributed by atoms with Crippen LogP contribution in [-0.4, -0.2) is 17.0 Å². The topological polar surface area (TPSA) is 66.4 Å². The van der Waals surface area contributed by atoms with Gasteiger partial charge < -0.3 is 10.4 Å². The van der Waals surface area contributed by atoms with Crippen molar-refractivity contribution in [2.75, 3.05) is 0 Å². The van der Waals surface area contributed by atoms with Gasteiger partial charge in [-0.15, -0.1) is 0 Å². The van der Waals surface area contributed by atoms with Crippen molar-refractivity contribution in [3.05, 3.63) is 69.4 Å². The Morgan fingerprint density at radius 3 is 2.41 bits per heavy atom. The van der Waals surface area contributed by atoms with Gasteiger partial charge >= 0.3 is 5.97 Å². The number of rotatable bonds is 4. The molecule has 6 heteroatoms. The summed E-state index contributed by atoms with van der Waals surface area (Å²) >= 11 is 3.13. The van der Waals surface area contributed by atoms with Gasteiger partial charge in [-0.1, -0.05) is 12.1 Å². The lowest BCUT2D eigenvalue weighted by Gasteiger charge is -2.14. The summed E-state index contributed by atoms with van der Waals surface area (Å²) in [7, 11) is 0. The third-order valence-electron chi connectivity index (χ3n) is 3.18. The summed E-state index contributed by atoms with van der Waals surface area (Å²) in [6.07, 6.45) is 0. The molecule has 2 N–H and O–H groups in total. The van der Waals surface area contributed by atoms with Crippen molar-refractivity contribution in [1.29, 1.82) is 0 Å². The van der Waals surface area contributed by atoms with Gasteiger partial charge in [0.15, 0.2) is 0 Å². The molecule has 0 aliphatic carbocycles. The molecule has 0 aromatic heterocycles. The number of hydrogen-bond donors (Lipinski definition) is 2. The molecule has 4 nitrogen and oxygen atoms in total. The molecule has 0 unspecified atom stereocenters. The van der Waals surface area contributed by atoms with Crippen molar-refractivity contribution in [2.24, 2.45) is 0 Å². The third-order valence-corrected chi connectivity index (χ3v) is 3.87. The molecule has 0 spiro atoms. The van der Waals surface area contributed by atoms with Crippen LogP contribution in [0.2, 0.25) is 0 Å². The Kier molecular flexibility index (Phi) is 4.92. The van der Waals surface area contributed by atoms with Gasteiger partial charge in [-0.2, -0.15) is 0 Å². The molecule has 1 atom stereocenters. The number of carboxylic acids is 1. The van der Waals surface area contributed by atoms with E-state index in [0.717, 1.165) is 5.56 Å². The van der Waals surface area contributed by atoms with Gasteiger partial charge in [0.05, 0.1) is 11.6 Å². The van der Waals surface area contributed by atoms with Gasteiger partial charge in [0.25, 0.3) is 5.91 Å². The average Bonchev–Trinajstić information content (AvgIpc) is 2.47.